The van der Waals surface area contributed by atoms with Crippen molar-refractivity contribution < 1.29 is 14.0 Å². The van der Waals surface area contributed by atoms with Gasteiger partial charge in [-0.1, -0.05) is 6.08 Å². The summed E-state index contributed by atoms with van der Waals surface area (Å²) in [4.78, 5) is 33.7. The van der Waals surface area contributed by atoms with Crippen molar-refractivity contribution in [2.45, 2.75) is 65.1 Å². The molecule has 4 rings (SSSR count). The van der Waals surface area contributed by atoms with Crippen molar-refractivity contribution in [1.29, 1.82) is 0 Å². The number of carbonyl (C=O) groups excluding carboxylic acids is 2. The van der Waals surface area contributed by atoms with Gasteiger partial charge in [-0.25, -0.2) is 9.18 Å². The number of piperidine rings is 1. The zero-order chi connectivity index (χ0) is 26.4. The third-order valence-electron chi connectivity index (χ3n) is 7.01. The third kappa shape index (κ3) is 6.84. The molecule has 0 saturated carbocycles. The molecule has 1 N–H and O–H groups in total. The highest BCUT2D eigenvalue weighted by atomic mass is 19.1. The normalized spacial score (nSPS) is 18.1. The second-order valence-corrected chi connectivity index (χ2v) is 10.1. The molecule has 1 unspecified atom stereocenters. The van der Waals surface area contributed by atoms with Crippen LogP contribution in [0.5, 0.6) is 0 Å². The first kappa shape index (κ1) is 26.6. The number of hydrogen-bond donors (Lipinski definition) is 1. The average molecular weight is 509 g/mol. The number of rotatable bonds is 8. The number of aromatic nitrogens is 3. The molecule has 37 heavy (non-hydrogen) atoms. The lowest BCUT2D eigenvalue weighted by Gasteiger charge is -2.38. The standard InChI is InChI=1S/C28H37FN6O2/c1-4-34(28(37)31-20(2)3)24-11-15-33(16-12-24)27(36)19-35-25(17-21-5-7-23(29)8-6-21)18-26(32-35)22-9-13-30-14-10-22/h5,7-10,13-14,18,20-21,24H,4,6,11-12,15-17,19H2,1-3H3,(H,31,37). The van der Waals surface area contributed by atoms with Crippen LogP contribution in [0.3, 0.4) is 0 Å². The quantitative estimate of drug-likeness (QED) is 0.575. The molecule has 198 valence electrons. The summed E-state index contributed by atoms with van der Waals surface area (Å²) in [6.07, 6.45) is 11.3. The summed E-state index contributed by atoms with van der Waals surface area (Å²) >= 11 is 0. The summed E-state index contributed by atoms with van der Waals surface area (Å²) in [7, 11) is 0. The topological polar surface area (TPSA) is 83.4 Å². The van der Waals surface area contributed by atoms with Gasteiger partial charge in [0, 0.05) is 55.4 Å². The summed E-state index contributed by atoms with van der Waals surface area (Å²) in [5.41, 5.74) is 2.68. The van der Waals surface area contributed by atoms with Gasteiger partial charge in [-0.3, -0.25) is 14.5 Å². The number of carbonyl (C=O) groups is 2. The highest BCUT2D eigenvalue weighted by molar-refractivity contribution is 5.77. The number of pyridine rings is 1. The lowest BCUT2D eigenvalue weighted by atomic mass is 9.95. The molecule has 1 aliphatic carbocycles. The fourth-order valence-corrected chi connectivity index (χ4v) is 5.03. The van der Waals surface area contributed by atoms with Crippen molar-refractivity contribution in [3.8, 4) is 11.3 Å². The Morgan fingerprint density at radius 2 is 1.95 bits per heavy atom. The van der Waals surface area contributed by atoms with E-state index < -0.39 is 0 Å². The zero-order valence-corrected chi connectivity index (χ0v) is 21.9. The number of likely N-dealkylation sites (tertiary alicyclic amines) is 1. The van der Waals surface area contributed by atoms with Gasteiger partial charge in [0.25, 0.3) is 0 Å². The Balaban J connectivity index is 1.43. The van der Waals surface area contributed by atoms with Crippen LogP contribution in [0.1, 0.15) is 45.7 Å². The summed E-state index contributed by atoms with van der Waals surface area (Å²) in [6.45, 7) is 7.91. The number of nitrogens with zero attached hydrogens (tertiary/aromatic N) is 5. The van der Waals surface area contributed by atoms with E-state index in [0.717, 1.165) is 29.8 Å². The minimum Gasteiger partial charge on any atom is -0.341 e. The molecule has 3 amide bonds. The zero-order valence-electron chi connectivity index (χ0n) is 21.9. The summed E-state index contributed by atoms with van der Waals surface area (Å²) < 4.78 is 15.2. The predicted octanol–water partition coefficient (Wildman–Crippen LogP) is 4.35. The van der Waals surface area contributed by atoms with Gasteiger partial charge in [0.15, 0.2) is 0 Å². The lowest BCUT2D eigenvalue weighted by molar-refractivity contribution is -0.133. The Labute approximate surface area is 218 Å². The maximum atomic E-state index is 13.5. The summed E-state index contributed by atoms with van der Waals surface area (Å²) in [5.74, 6) is -0.0314. The molecule has 2 aliphatic rings. The van der Waals surface area contributed by atoms with Crippen LogP contribution in [0.25, 0.3) is 11.3 Å². The molecule has 0 bridgehead atoms. The Morgan fingerprint density at radius 1 is 1.22 bits per heavy atom. The number of hydrogen-bond acceptors (Lipinski definition) is 4. The molecule has 8 nitrogen and oxygen atoms in total. The van der Waals surface area contributed by atoms with Crippen LogP contribution in [-0.4, -0.2) is 68.2 Å². The molecule has 0 aromatic carbocycles. The SMILES string of the molecule is CCN(C(=O)NC(C)C)C1CCN(C(=O)Cn2nc(-c3ccncc3)cc2CC2C=CC(F)=CC2)CC1. The van der Waals surface area contributed by atoms with Crippen LogP contribution in [0.2, 0.25) is 0 Å². The van der Waals surface area contributed by atoms with Crippen molar-refractivity contribution in [2.75, 3.05) is 19.6 Å². The van der Waals surface area contributed by atoms with E-state index in [9.17, 15) is 14.0 Å². The van der Waals surface area contributed by atoms with Crippen molar-refractivity contribution in [3.63, 3.8) is 0 Å². The minimum absolute atomic E-state index is 0.0175. The number of nitrogens with one attached hydrogen (secondary N) is 1. The Morgan fingerprint density at radius 3 is 2.57 bits per heavy atom. The van der Waals surface area contributed by atoms with Gasteiger partial charge in [0.2, 0.25) is 5.91 Å². The van der Waals surface area contributed by atoms with Crippen LogP contribution in [0.15, 0.2) is 54.6 Å². The first-order valence-electron chi connectivity index (χ1n) is 13.2. The molecule has 0 spiro atoms. The molecule has 1 fully saturated rings. The van der Waals surface area contributed by atoms with E-state index in [1.807, 2.05) is 54.8 Å². The fourth-order valence-electron chi connectivity index (χ4n) is 5.03. The van der Waals surface area contributed by atoms with Crippen LogP contribution in [-0.2, 0) is 17.8 Å². The van der Waals surface area contributed by atoms with Gasteiger partial charge in [-0.05, 0) is 82.7 Å². The Kier molecular flexibility index (Phi) is 8.74. The van der Waals surface area contributed by atoms with E-state index in [-0.39, 0.29) is 42.3 Å². The third-order valence-corrected chi connectivity index (χ3v) is 7.01. The van der Waals surface area contributed by atoms with Gasteiger partial charge in [0.1, 0.15) is 12.4 Å². The molecule has 1 atom stereocenters. The molecule has 1 saturated heterocycles. The van der Waals surface area contributed by atoms with E-state index in [0.29, 0.717) is 32.5 Å². The lowest BCUT2D eigenvalue weighted by Crippen LogP contribution is -2.52. The minimum atomic E-state index is -0.205. The van der Waals surface area contributed by atoms with Gasteiger partial charge < -0.3 is 15.1 Å². The van der Waals surface area contributed by atoms with Crippen molar-refractivity contribution >= 4 is 11.9 Å². The molecule has 0 radical (unpaired) electrons. The molecular weight excluding hydrogens is 471 g/mol. The van der Waals surface area contributed by atoms with Crippen LogP contribution in [0.4, 0.5) is 9.18 Å². The van der Waals surface area contributed by atoms with Crippen molar-refractivity contribution in [2.24, 2.45) is 5.92 Å². The van der Waals surface area contributed by atoms with E-state index in [1.165, 1.54) is 6.08 Å². The van der Waals surface area contributed by atoms with Crippen LogP contribution >= 0.6 is 0 Å². The number of urea groups is 1. The van der Waals surface area contributed by atoms with Crippen LogP contribution < -0.4 is 5.32 Å². The highest BCUT2D eigenvalue weighted by Gasteiger charge is 2.29. The molecular formula is C28H37FN6O2. The largest absolute Gasteiger partial charge is 0.341 e. The predicted molar refractivity (Wildman–Crippen MR) is 141 cm³/mol. The number of halogens is 1. The van der Waals surface area contributed by atoms with E-state index in [4.69, 9.17) is 5.10 Å². The van der Waals surface area contributed by atoms with Crippen molar-refractivity contribution in [1.82, 2.24) is 29.9 Å². The molecule has 1 aliphatic heterocycles. The summed E-state index contributed by atoms with van der Waals surface area (Å²) in [6, 6.07) is 5.98. The van der Waals surface area contributed by atoms with E-state index >= 15 is 0 Å². The first-order valence-corrected chi connectivity index (χ1v) is 13.2. The van der Waals surface area contributed by atoms with Crippen LogP contribution in [0, 0.1) is 5.92 Å². The Bertz CT molecular complexity index is 1130. The average Bonchev–Trinajstić information content (AvgIpc) is 3.28. The highest BCUT2D eigenvalue weighted by Crippen LogP contribution is 2.25. The van der Waals surface area contributed by atoms with Gasteiger partial charge >= 0.3 is 6.03 Å². The molecule has 2 aromatic heterocycles. The smallest absolute Gasteiger partial charge is 0.317 e. The van der Waals surface area contributed by atoms with E-state index in [1.54, 1.807) is 23.2 Å². The number of amides is 3. The molecule has 9 heteroatoms. The second-order valence-electron chi connectivity index (χ2n) is 10.1. The fraction of sp³-hybridized carbons (Fsp3) is 0.500. The van der Waals surface area contributed by atoms with Gasteiger partial charge in [0.05, 0.1) is 5.69 Å². The first-order chi connectivity index (χ1) is 17.8. The summed E-state index contributed by atoms with van der Waals surface area (Å²) in [5, 5.41) is 7.75. The molecule has 2 aromatic rings. The maximum absolute atomic E-state index is 13.5. The van der Waals surface area contributed by atoms with Gasteiger partial charge in [-0.2, -0.15) is 5.10 Å². The molecule has 3 heterocycles. The van der Waals surface area contributed by atoms with Crippen molar-refractivity contribution in [3.05, 3.63) is 60.3 Å². The van der Waals surface area contributed by atoms with Gasteiger partial charge in [-0.15, -0.1) is 0 Å². The maximum Gasteiger partial charge on any atom is 0.317 e. The number of allylic oxidation sites excluding steroid dienone is 4. The van der Waals surface area contributed by atoms with E-state index in [2.05, 4.69) is 10.3 Å². The Hall–Kier alpha value is -3.49. The monoisotopic (exact) mass is 508 g/mol. The second kappa shape index (κ2) is 12.2.